The first kappa shape index (κ1) is 19.3. The third-order valence-electron chi connectivity index (χ3n) is 4.24. The van der Waals surface area contributed by atoms with E-state index in [0.717, 1.165) is 26.1 Å². The molecule has 0 bridgehead atoms. The molecule has 0 radical (unpaired) electrons. The Labute approximate surface area is 162 Å². The van der Waals surface area contributed by atoms with Crippen LogP contribution in [0.3, 0.4) is 0 Å². The number of nitriles is 1. The van der Waals surface area contributed by atoms with Crippen LogP contribution in [0.4, 0.5) is 11.6 Å². The van der Waals surface area contributed by atoms with E-state index in [9.17, 15) is 4.79 Å². The van der Waals surface area contributed by atoms with Crippen molar-refractivity contribution in [3.63, 3.8) is 0 Å². The van der Waals surface area contributed by atoms with Crippen molar-refractivity contribution in [1.29, 1.82) is 5.26 Å². The average Bonchev–Trinajstić information content (AvgIpc) is 3.27. The Balaban J connectivity index is 1.80. The molecule has 3 aromatic rings. The van der Waals surface area contributed by atoms with Crippen molar-refractivity contribution in [3.05, 3.63) is 35.9 Å². The topological polar surface area (TPSA) is 116 Å². The molecule has 146 valence electrons. The highest BCUT2D eigenvalue weighted by Crippen LogP contribution is 2.16. The Hall–Kier alpha value is -3.45. The number of aryl methyl sites for hydroxylation is 1. The van der Waals surface area contributed by atoms with Gasteiger partial charge in [-0.05, 0) is 31.6 Å². The van der Waals surface area contributed by atoms with Crippen molar-refractivity contribution < 1.29 is 4.79 Å². The Morgan fingerprint density at radius 3 is 2.93 bits per heavy atom. The monoisotopic (exact) mass is 381 g/mol. The summed E-state index contributed by atoms with van der Waals surface area (Å²) in [7, 11) is 3.61. The van der Waals surface area contributed by atoms with Crippen molar-refractivity contribution in [1.82, 2.24) is 29.7 Å². The minimum Gasteiger partial charge on any atom is -0.343 e. The third kappa shape index (κ3) is 4.10. The molecule has 3 aromatic heterocycles. The molecule has 10 heteroatoms. The van der Waals surface area contributed by atoms with Crippen LogP contribution in [-0.4, -0.2) is 57.0 Å². The second kappa shape index (κ2) is 8.49. The summed E-state index contributed by atoms with van der Waals surface area (Å²) in [5.74, 6) is 0.164. The van der Waals surface area contributed by atoms with E-state index in [1.54, 1.807) is 36.1 Å². The van der Waals surface area contributed by atoms with Gasteiger partial charge in [-0.1, -0.05) is 6.92 Å². The second-order valence-corrected chi connectivity index (χ2v) is 6.37. The number of rotatable bonds is 8. The van der Waals surface area contributed by atoms with Gasteiger partial charge in [0.25, 0.3) is 5.91 Å². The number of anilines is 2. The summed E-state index contributed by atoms with van der Waals surface area (Å²) in [6.45, 7) is 4.73. The number of hydrogen-bond donors (Lipinski definition) is 2. The Morgan fingerprint density at radius 2 is 2.18 bits per heavy atom. The van der Waals surface area contributed by atoms with Gasteiger partial charge in [0, 0.05) is 26.8 Å². The smallest absolute Gasteiger partial charge is 0.274 e. The van der Waals surface area contributed by atoms with Crippen molar-refractivity contribution in [3.8, 4) is 6.07 Å². The highest BCUT2D eigenvalue weighted by atomic mass is 16.2. The number of hydrogen-bond acceptors (Lipinski definition) is 7. The summed E-state index contributed by atoms with van der Waals surface area (Å²) in [5, 5.41) is 23.7. The fourth-order valence-electron chi connectivity index (χ4n) is 2.81. The zero-order chi connectivity index (χ0) is 20.1. The number of aromatic nitrogens is 5. The van der Waals surface area contributed by atoms with Crippen LogP contribution < -0.4 is 15.5 Å². The van der Waals surface area contributed by atoms with E-state index in [1.807, 2.05) is 18.0 Å². The van der Waals surface area contributed by atoms with Crippen molar-refractivity contribution in [2.75, 3.05) is 36.9 Å². The molecule has 0 saturated carbocycles. The van der Waals surface area contributed by atoms with E-state index in [4.69, 9.17) is 5.26 Å². The molecule has 0 fully saturated rings. The molecule has 1 amide bonds. The number of fused-ring (bicyclic) bond motifs is 1. The molecule has 2 N–H and O–H groups in total. The standard InChI is InChI=1S/C18H23N9O/c1-4-20-8-5-9-25(2)18-21-11-13-6-7-16(27(13)24-18)17(28)22-15-12-26(3)23-14(15)10-19/h6-7,11-12,20H,4-5,8-9H2,1-3H3,(H,22,28). The Kier molecular flexibility index (Phi) is 5.86. The molecule has 0 unspecified atom stereocenters. The third-order valence-corrected chi connectivity index (χ3v) is 4.24. The number of carbonyl (C=O) groups is 1. The average molecular weight is 381 g/mol. The van der Waals surface area contributed by atoms with Crippen LogP contribution in [0.1, 0.15) is 29.5 Å². The molecule has 0 atom stereocenters. The first-order valence-corrected chi connectivity index (χ1v) is 9.05. The van der Waals surface area contributed by atoms with Gasteiger partial charge < -0.3 is 15.5 Å². The quantitative estimate of drug-likeness (QED) is 0.560. The van der Waals surface area contributed by atoms with Gasteiger partial charge in [0.2, 0.25) is 5.95 Å². The fraction of sp³-hybridized carbons (Fsp3) is 0.389. The lowest BCUT2D eigenvalue weighted by Crippen LogP contribution is -2.26. The lowest BCUT2D eigenvalue weighted by atomic mass is 10.3. The van der Waals surface area contributed by atoms with Crippen molar-refractivity contribution in [2.24, 2.45) is 7.05 Å². The zero-order valence-electron chi connectivity index (χ0n) is 16.2. The maximum atomic E-state index is 12.7. The van der Waals surface area contributed by atoms with Crippen LogP contribution in [0.15, 0.2) is 24.5 Å². The summed E-state index contributed by atoms with van der Waals surface area (Å²) in [5.41, 5.74) is 1.58. The van der Waals surface area contributed by atoms with Crippen LogP contribution >= 0.6 is 0 Å². The molecular formula is C18H23N9O. The van der Waals surface area contributed by atoms with E-state index in [-0.39, 0.29) is 11.6 Å². The van der Waals surface area contributed by atoms with Crippen LogP contribution in [-0.2, 0) is 7.05 Å². The number of amides is 1. The molecule has 3 rings (SSSR count). The van der Waals surface area contributed by atoms with Crippen LogP contribution in [0.5, 0.6) is 0 Å². The number of carbonyl (C=O) groups excluding carboxylic acids is 1. The van der Waals surface area contributed by atoms with Gasteiger partial charge in [-0.3, -0.25) is 9.48 Å². The minimum absolute atomic E-state index is 0.160. The molecule has 3 heterocycles. The largest absolute Gasteiger partial charge is 0.343 e. The molecule has 0 aliphatic carbocycles. The summed E-state index contributed by atoms with van der Waals surface area (Å²) < 4.78 is 3.04. The summed E-state index contributed by atoms with van der Waals surface area (Å²) in [6, 6.07) is 5.42. The SMILES string of the molecule is CCNCCCN(C)c1ncc2ccc(C(=O)Nc3cn(C)nc3C#N)n2n1. The Morgan fingerprint density at radius 1 is 1.36 bits per heavy atom. The van der Waals surface area contributed by atoms with Gasteiger partial charge in [-0.2, -0.15) is 10.4 Å². The molecular weight excluding hydrogens is 358 g/mol. The van der Waals surface area contributed by atoms with Crippen LogP contribution in [0.2, 0.25) is 0 Å². The van der Waals surface area contributed by atoms with Gasteiger partial charge in [0.15, 0.2) is 5.69 Å². The molecule has 0 aliphatic rings. The predicted molar refractivity (Wildman–Crippen MR) is 105 cm³/mol. The minimum atomic E-state index is -0.371. The van der Waals surface area contributed by atoms with Crippen molar-refractivity contribution in [2.45, 2.75) is 13.3 Å². The van der Waals surface area contributed by atoms with Gasteiger partial charge in [-0.15, -0.1) is 5.10 Å². The van der Waals surface area contributed by atoms with Crippen molar-refractivity contribution >= 4 is 23.1 Å². The van der Waals surface area contributed by atoms with Gasteiger partial charge in [0.05, 0.1) is 17.4 Å². The van der Waals surface area contributed by atoms with E-state index in [1.165, 1.54) is 4.68 Å². The fourth-order valence-corrected chi connectivity index (χ4v) is 2.81. The molecule has 0 aliphatic heterocycles. The normalized spacial score (nSPS) is 10.8. The molecule has 0 aromatic carbocycles. The first-order valence-electron chi connectivity index (χ1n) is 9.05. The zero-order valence-corrected chi connectivity index (χ0v) is 16.2. The first-order chi connectivity index (χ1) is 13.5. The highest BCUT2D eigenvalue weighted by Gasteiger charge is 2.17. The van der Waals surface area contributed by atoms with E-state index < -0.39 is 0 Å². The lowest BCUT2D eigenvalue weighted by Gasteiger charge is -2.17. The summed E-state index contributed by atoms with van der Waals surface area (Å²) >= 11 is 0. The molecule has 28 heavy (non-hydrogen) atoms. The molecule has 10 nitrogen and oxygen atoms in total. The summed E-state index contributed by atoms with van der Waals surface area (Å²) in [4.78, 5) is 19.1. The van der Waals surface area contributed by atoms with Gasteiger partial charge in [-0.25, -0.2) is 9.50 Å². The predicted octanol–water partition coefficient (Wildman–Crippen LogP) is 1.02. The maximum Gasteiger partial charge on any atom is 0.274 e. The van der Waals surface area contributed by atoms with Gasteiger partial charge >= 0.3 is 0 Å². The molecule has 0 spiro atoms. The van der Waals surface area contributed by atoms with Gasteiger partial charge in [0.1, 0.15) is 11.8 Å². The highest BCUT2D eigenvalue weighted by molar-refractivity contribution is 6.04. The Bertz CT molecular complexity index is 1010. The van der Waals surface area contributed by atoms with E-state index in [0.29, 0.717) is 22.8 Å². The van der Waals surface area contributed by atoms with E-state index in [2.05, 4.69) is 32.7 Å². The second-order valence-electron chi connectivity index (χ2n) is 6.37. The maximum absolute atomic E-state index is 12.7. The number of nitrogens with zero attached hydrogens (tertiary/aromatic N) is 7. The lowest BCUT2D eigenvalue weighted by molar-refractivity contribution is 0.102. The van der Waals surface area contributed by atoms with Crippen LogP contribution in [0, 0.1) is 11.3 Å². The van der Waals surface area contributed by atoms with Crippen LogP contribution in [0.25, 0.3) is 5.52 Å². The summed E-state index contributed by atoms with van der Waals surface area (Å²) in [6.07, 6.45) is 4.23. The van der Waals surface area contributed by atoms with E-state index >= 15 is 0 Å². The molecule has 0 saturated heterocycles. The number of nitrogens with one attached hydrogen (secondary N) is 2.